The van der Waals surface area contributed by atoms with Crippen molar-refractivity contribution >= 4 is 46.4 Å². The zero-order chi connectivity index (χ0) is 24.9. The van der Waals surface area contributed by atoms with Crippen molar-refractivity contribution < 1.29 is 19.1 Å². The fourth-order valence-electron chi connectivity index (χ4n) is 3.55. The predicted octanol–water partition coefficient (Wildman–Crippen LogP) is 6.35. The van der Waals surface area contributed by atoms with Crippen LogP contribution in [-0.4, -0.2) is 48.4 Å². The Bertz CT molecular complexity index is 951. The number of carbonyl (C=O) groups is 2. The number of benzene rings is 2. The smallest absolute Gasteiger partial charge is 0.337 e. The molecule has 0 unspecified atom stereocenters. The van der Waals surface area contributed by atoms with Crippen molar-refractivity contribution in [3.05, 3.63) is 82.2 Å². The number of esters is 2. The molecule has 176 valence electrons. The molecule has 0 heterocycles. The van der Waals surface area contributed by atoms with E-state index in [0.29, 0.717) is 11.1 Å². The van der Waals surface area contributed by atoms with Crippen molar-refractivity contribution in [2.45, 2.75) is 39.3 Å². The van der Waals surface area contributed by atoms with Crippen LogP contribution in [0.1, 0.15) is 31.8 Å². The summed E-state index contributed by atoms with van der Waals surface area (Å²) in [5, 5.41) is 0. The van der Waals surface area contributed by atoms with Crippen LogP contribution < -0.4 is 0 Å². The maximum absolute atomic E-state index is 11.7. The highest BCUT2D eigenvalue weighted by Gasteiger charge is 2.49. The van der Waals surface area contributed by atoms with Crippen LogP contribution in [0.2, 0.25) is 39.3 Å². The van der Waals surface area contributed by atoms with Crippen LogP contribution in [0.4, 0.5) is 0 Å². The quantitative estimate of drug-likeness (QED) is 0.316. The van der Waals surface area contributed by atoms with E-state index in [4.69, 9.17) is 9.47 Å². The van der Waals surface area contributed by atoms with Gasteiger partial charge in [0.2, 0.25) is 0 Å². The first-order chi connectivity index (χ1) is 15.3. The second-order valence-corrected chi connectivity index (χ2v) is 37.5. The maximum Gasteiger partial charge on any atom is 0.337 e. The first-order valence-corrected chi connectivity index (χ1v) is 22.3. The third kappa shape index (κ3) is 6.31. The molecule has 0 radical (unpaired) electrons. The summed E-state index contributed by atoms with van der Waals surface area (Å²) < 4.78 is 9.56. The SMILES string of the molecule is COC(=O)c1ccc(/C=C/[Si](C)(C)[Si](C)(C)[Si](C)(C)/C=C/c2ccc(C(=O)OC)cc2)cc1. The van der Waals surface area contributed by atoms with Crippen molar-refractivity contribution in [3.8, 4) is 0 Å². The van der Waals surface area contributed by atoms with Gasteiger partial charge in [-0.3, -0.25) is 0 Å². The second-order valence-electron chi connectivity index (χ2n) is 9.96. The number of carbonyl (C=O) groups excluding carboxylic acids is 2. The van der Waals surface area contributed by atoms with Crippen molar-refractivity contribution in [1.29, 1.82) is 0 Å². The maximum atomic E-state index is 11.7. The molecule has 0 aromatic heterocycles. The Balaban J connectivity index is 2.20. The summed E-state index contributed by atoms with van der Waals surface area (Å²) in [6.45, 7) is 15.0. The van der Waals surface area contributed by atoms with Crippen LogP contribution in [0, 0.1) is 0 Å². The van der Waals surface area contributed by atoms with Crippen LogP contribution in [0.15, 0.2) is 59.9 Å². The monoisotopic (exact) mass is 496 g/mol. The fraction of sp³-hybridized carbons (Fsp3) is 0.308. The van der Waals surface area contributed by atoms with Crippen LogP contribution in [0.5, 0.6) is 0 Å². The first kappa shape index (κ1) is 26.8. The molecular weight excluding hydrogens is 461 g/mol. The van der Waals surface area contributed by atoms with E-state index in [2.05, 4.69) is 62.8 Å². The average molecular weight is 497 g/mol. The summed E-state index contributed by atoms with van der Waals surface area (Å²) in [6.07, 6.45) is 4.45. The van der Waals surface area contributed by atoms with E-state index in [1.54, 1.807) is 0 Å². The molecule has 4 nitrogen and oxygen atoms in total. The number of ether oxygens (including phenoxy) is 2. The summed E-state index contributed by atoms with van der Waals surface area (Å²) in [5.41, 5.74) is 8.29. The summed E-state index contributed by atoms with van der Waals surface area (Å²) in [4.78, 5) is 23.3. The molecule has 0 fully saturated rings. The lowest BCUT2D eigenvalue weighted by Crippen LogP contribution is -2.68. The van der Waals surface area contributed by atoms with E-state index in [1.165, 1.54) is 14.2 Å². The Kier molecular flexibility index (Phi) is 8.62. The molecule has 0 aliphatic carbocycles. The molecule has 0 bridgehead atoms. The molecule has 0 aliphatic rings. The van der Waals surface area contributed by atoms with Crippen molar-refractivity contribution in [3.63, 3.8) is 0 Å². The molecule has 2 aromatic rings. The Morgan fingerprint density at radius 2 is 0.909 bits per heavy atom. The van der Waals surface area contributed by atoms with Crippen LogP contribution in [-0.2, 0) is 9.47 Å². The lowest BCUT2D eigenvalue weighted by Gasteiger charge is -2.46. The fourth-order valence-corrected chi connectivity index (χ4v) is 31.7. The third-order valence-electron chi connectivity index (χ3n) is 7.27. The van der Waals surface area contributed by atoms with Gasteiger partial charge in [0, 0.05) is 7.11 Å². The Labute approximate surface area is 200 Å². The molecule has 2 rings (SSSR count). The molecular formula is C26H36O4Si3. The third-order valence-corrected chi connectivity index (χ3v) is 47.6. The number of rotatable bonds is 8. The molecule has 0 saturated carbocycles. The highest BCUT2D eigenvalue weighted by atomic mass is 29.6. The van der Waals surface area contributed by atoms with Gasteiger partial charge < -0.3 is 9.47 Å². The molecule has 0 saturated heterocycles. The molecule has 0 atom stereocenters. The van der Waals surface area contributed by atoms with Gasteiger partial charge in [0.15, 0.2) is 0 Å². The van der Waals surface area contributed by atoms with Crippen molar-refractivity contribution in [2.75, 3.05) is 14.2 Å². The minimum absolute atomic E-state index is 0.312. The number of methoxy groups -OCH3 is 2. The van der Waals surface area contributed by atoms with Crippen LogP contribution in [0.3, 0.4) is 0 Å². The Morgan fingerprint density at radius 1 is 0.606 bits per heavy atom. The van der Waals surface area contributed by atoms with E-state index in [-0.39, 0.29) is 11.9 Å². The summed E-state index contributed by atoms with van der Waals surface area (Å²) in [5.74, 6) is -0.624. The molecule has 0 spiro atoms. The van der Waals surface area contributed by atoms with Gasteiger partial charge in [-0.25, -0.2) is 9.59 Å². The van der Waals surface area contributed by atoms with E-state index in [0.717, 1.165) is 11.1 Å². The highest BCUT2D eigenvalue weighted by molar-refractivity contribution is 7.70. The van der Waals surface area contributed by atoms with E-state index in [9.17, 15) is 9.59 Å². The van der Waals surface area contributed by atoms with E-state index >= 15 is 0 Å². The topological polar surface area (TPSA) is 52.6 Å². The summed E-state index contributed by atoms with van der Waals surface area (Å²) in [7, 11) is -2.07. The van der Waals surface area contributed by atoms with Gasteiger partial charge in [-0.05, 0) is 35.4 Å². The largest absolute Gasteiger partial charge is 0.465 e. The van der Waals surface area contributed by atoms with Crippen LogP contribution >= 0.6 is 0 Å². The van der Waals surface area contributed by atoms with Gasteiger partial charge in [0.05, 0.1) is 40.5 Å². The van der Waals surface area contributed by atoms with Crippen molar-refractivity contribution in [2.24, 2.45) is 0 Å². The number of hydrogen-bond acceptors (Lipinski definition) is 4. The zero-order valence-corrected chi connectivity index (χ0v) is 24.1. The second kappa shape index (κ2) is 10.6. The minimum atomic E-state index is -1.64. The molecule has 7 heteroatoms. The first-order valence-electron chi connectivity index (χ1n) is 11.1. The standard InChI is InChI=1S/C26H36O4Si3/c1-29-25(27)23-13-9-21(10-14-23)17-19-31(3,4)33(7,8)32(5,6)20-18-22-11-15-24(16-12-22)26(28)30-2/h9-20H,1-8H3/b19-17+,20-18+. The molecule has 0 N–H and O–H groups in total. The van der Waals surface area contributed by atoms with Gasteiger partial charge in [-0.2, -0.15) is 0 Å². The van der Waals surface area contributed by atoms with Gasteiger partial charge in [-0.15, -0.1) is 0 Å². The molecule has 0 amide bonds. The van der Waals surface area contributed by atoms with Gasteiger partial charge in [0.1, 0.15) is 0 Å². The molecule has 0 aliphatic heterocycles. The lowest BCUT2D eigenvalue weighted by molar-refractivity contribution is 0.0592. The minimum Gasteiger partial charge on any atom is -0.465 e. The summed E-state index contributed by atoms with van der Waals surface area (Å²) >= 11 is 0. The normalized spacial score (nSPS) is 12.8. The van der Waals surface area contributed by atoms with Gasteiger partial charge in [0.25, 0.3) is 0 Å². The van der Waals surface area contributed by atoms with Crippen molar-refractivity contribution in [1.82, 2.24) is 0 Å². The van der Waals surface area contributed by atoms with Gasteiger partial charge >= 0.3 is 11.9 Å². The average Bonchev–Trinajstić information content (AvgIpc) is 2.80. The van der Waals surface area contributed by atoms with E-state index in [1.807, 2.05) is 48.5 Å². The lowest BCUT2D eigenvalue weighted by atomic mass is 10.1. The van der Waals surface area contributed by atoms with E-state index < -0.39 is 22.3 Å². The van der Waals surface area contributed by atoms with Crippen LogP contribution in [0.25, 0.3) is 12.2 Å². The molecule has 2 aromatic carbocycles. The van der Waals surface area contributed by atoms with Gasteiger partial charge in [-0.1, -0.05) is 87.1 Å². The summed E-state index contributed by atoms with van der Waals surface area (Å²) in [6, 6.07) is 15.2. The number of hydrogen-bond donors (Lipinski definition) is 0. The Hall–Kier alpha value is -2.49. The highest BCUT2D eigenvalue weighted by Crippen LogP contribution is 2.32. The molecule has 33 heavy (non-hydrogen) atoms. The Morgan fingerprint density at radius 3 is 1.18 bits per heavy atom. The predicted molar refractivity (Wildman–Crippen MR) is 146 cm³/mol. The zero-order valence-electron chi connectivity index (χ0n) is 21.1.